The summed E-state index contributed by atoms with van der Waals surface area (Å²) in [6, 6.07) is 14.5. The van der Waals surface area contributed by atoms with Crippen LogP contribution in [-0.2, 0) is 14.3 Å². The highest BCUT2D eigenvalue weighted by Gasteiger charge is 2.35. The van der Waals surface area contributed by atoms with Gasteiger partial charge in [0.15, 0.2) is 0 Å². The van der Waals surface area contributed by atoms with E-state index < -0.39 is 17.6 Å². The van der Waals surface area contributed by atoms with Gasteiger partial charge in [-0.3, -0.25) is 14.9 Å². The van der Waals surface area contributed by atoms with Crippen molar-refractivity contribution in [3.8, 4) is 0 Å². The molecule has 0 aromatic heterocycles. The highest BCUT2D eigenvalue weighted by molar-refractivity contribution is 6.05. The maximum absolute atomic E-state index is 12.8. The Balaban J connectivity index is 1.67. The third kappa shape index (κ3) is 5.37. The molecule has 0 saturated carbocycles. The number of anilines is 3. The average molecular weight is 409 g/mol. The first-order valence-corrected chi connectivity index (χ1v) is 9.89. The largest absolute Gasteiger partial charge is 0.444 e. The number of ether oxygens (including phenoxy) is 1. The predicted molar refractivity (Wildman–Crippen MR) is 117 cm³/mol. The number of rotatable bonds is 4. The van der Waals surface area contributed by atoms with Crippen LogP contribution in [0.5, 0.6) is 0 Å². The van der Waals surface area contributed by atoms with E-state index in [1.807, 2.05) is 31.2 Å². The van der Waals surface area contributed by atoms with E-state index >= 15 is 0 Å². The monoisotopic (exact) mass is 409 g/mol. The fourth-order valence-corrected chi connectivity index (χ4v) is 3.21. The van der Waals surface area contributed by atoms with Crippen LogP contribution in [0.15, 0.2) is 48.5 Å². The van der Waals surface area contributed by atoms with Gasteiger partial charge < -0.3 is 15.0 Å². The molecule has 1 aliphatic heterocycles. The SMILES string of the molecule is Cc1ccc(N2C[C@H](C(=O)Nc3ccccc3NC(=O)OC(C)(C)C)CC2=O)cc1. The molecular weight excluding hydrogens is 382 g/mol. The molecule has 0 bridgehead atoms. The van der Waals surface area contributed by atoms with Crippen molar-refractivity contribution in [2.75, 3.05) is 22.1 Å². The summed E-state index contributed by atoms with van der Waals surface area (Å²) in [7, 11) is 0. The highest BCUT2D eigenvalue weighted by atomic mass is 16.6. The Hall–Kier alpha value is -3.35. The Kier molecular flexibility index (Phi) is 6.10. The fraction of sp³-hybridized carbons (Fsp3) is 0.348. The first-order valence-electron chi connectivity index (χ1n) is 9.89. The minimum absolute atomic E-state index is 0.0841. The molecule has 1 heterocycles. The van der Waals surface area contributed by atoms with Gasteiger partial charge in [-0.25, -0.2) is 4.79 Å². The summed E-state index contributed by atoms with van der Waals surface area (Å²) in [6.45, 7) is 7.62. The van der Waals surface area contributed by atoms with Gasteiger partial charge in [0.25, 0.3) is 0 Å². The third-order valence-electron chi connectivity index (χ3n) is 4.66. The smallest absolute Gasteiger partial charge is 0.412 e. The van der Waals surface area contributed by atoms with E-state index in [9.17, 15) is 14.4 Å². The standard InChI is InChI=1S/C23H27N3O4/c1-15-9-11-17(12-10-15)26-14-16(13-20(26)27)21(28)24-18-7-5-6-8-19(18)25-22(29)30-23(2,3)4/h5-12,16H,13-14H2,1-4H3,(H,24,28)(H,25,29)/t16-/m1/s1. The summed E-state index contributed by atoms with van der Waals surface area (Å²) in [6.07, 6.45) is -0.466. The lowest BCUT2D eigenvalue weighted by Gasteiger charge is -2.21. The zero-order chi connectivity index (χ0) is 21.9. The molecule has 7 nitrogen and oxygen atoms in total. The lowest BCUT2D eigenvalue weighted by atomic mass is 10.1. The van der Waals surface area contributed by atoms with Gasteiger partial charge in [0.05, 0.1) is 17.3 Å². The van der Waals surface area contributed by atoms with E-state index in [4.69, 9.17) is 4.74 Å². The van der Waals surface area contributed by atoms with Crippen LogP contribution in [0.4, 0.5) is 21.9 Å². The number of carbonyl (C=O) groups excluding carboxylic acids is 3. The van der Waals surface area contributed by atoms with Crippen molar-refractivity contribution < 1.29 is 19.1 Å². The number of aryl methyl sites for hydroxylation is 1. The molecule has 2 N–H and O–H groups in total. The van der Waals surface area contributed by atoms with Crippen LogP contribution in [0.3, 0.4) is 0 Å². The summed E-state index contributed by atoms with van der Waals surface area (Å²) >= 11 is 0. The van der Waals surface area contributed by atoms with E-state index in [1.54, 1.807) is 49.9 Å². The molecule has 1 aliphatic rings. The van der Waals surface area contributed by atoms with Gasteiger partial charge in [0.1, 0.15) is 5.60 Å². The third-order valence-corrected chi connectivity index (χ3v) is 4.66. The molecule has 3 rings (SSSR count). The van der Waals surface area contributed by atoms with Gasteiger partial charge in [0.2, 0.25) is 11.8 Å². The first kappa shape index (κ1) is 21.4. The fourth-order valence-electron chi connectivity index (χ4n) is 3.21. The van der Waals surface area contributed by atoms with Gasteiger partial charge in [-0.05, 0) is 52.0 Å². The number of amides is 3. The number of benzene rings is 2. The minimum atomic E-state index is -0.633. The van der Waals surface area contributed by atoms with Crippen molar-refractivity contribution in [3.63, 3.8) is 0 Å². The van der Waals surface area contributed by atoms with E-state index in [2.05, 4.69) is 10.6 Å². The molecule has 7 heteroatoms. The lowest BCUT2D eigenvalue weighted by molar-refractivity contribution is -0.122. The molecule has 1 fully saturated rings. The minimum Gasteiger partial charge on any atom is -0.444 e. The van der Waals surface area contributed by atoms with E-state index in [0.29, 0.717) is 17.9 Å². The second kappa shape index (κ2) is 8.57. The van der Waals surface area contributed by atoms with E-state index in [0.717, 1.165) is 11.3 Å². The summed E-state index contributed by atoms with van der Waals surface area (Å²) in [5.74, 6) is -0.830. The topological polar surface area (TPSA) is 87.7 Å². The van der Waals surface area contributed by atoms with Gasteiger partial charge in [-0.15, -0.1) is 0 Å². The Bertz CT molecular complexity index is 948. The zero-order valence-corrected chi connectivity index (χ0v) is 17.7. The van der Waals surface area contributed by atoms with Gasteiger partial charge in [0, 0.05) is 18.7 Å². The Morgan fingerprint density at radius 3 is 2.20 bits per heavy atom. The molecule has 0 radical (unpaired) electrons. The second-order valence-corrected chi connectivity index (χ2v) is 8.40. The zero-order valence-electron chi connectivity index (χ0n) is 17.7. The number of para-hydroxylation sites is 2. The number of hydrogen-bond acceptors (Lipinski definition) is 4. The van der Waals surface area contributed by atoms with Crippen LogP contribution in [0.2, 0.25) is 0 Å². The van der Waals surface area contributed by atoms with Crippen molar-refractivity contribution in [2.24, 2.45) is 5.92 Å². The highest BCUT2D eigenvalue weighted by Crippen LogP contribution is 2.28. The van der Waals surface area contributed by atoms with Gasteiger partial charge >= 0.3 is 6.09 Å². The van der Waals surface area contributed by atoms with Crippen molar-refractivity contribution in [1.29, 1.82) is 0 Å². The van der Waals surface area contributed by atoms with E-state index in [1.165, 1.54) is 0 Å². The Morgan fingerprint density at radius 2 is 1.60 bits per heavy atom. The van der Waals surface area contributed by atoms with Crippen molar-refractivity contribution in [3.05, 3.63) is 54.1 Å². The molecule has 0 spiro atoms. The average Bonchev–Trinajstić information content (AvgIpc) is 3.04. The molecule has 1 saturated heterocycles. The van der Waals surface area contributed by atoms with Gasteiger partial charge in [-0.1, -0.05) is 29.8 Å². The van der Waals surface area contributed by atoms with Crippen LogP contribution in [0.25, 0.3) is 0 Å². The Morgan fingerprint density at radius 1 is 1.00 bits per heavy atom. The number of hydrogen-bond donors (Lipinski definition) is 2. The second-order valence-electron chi connectivity index (χ2n) is 8.40. The molecule has 2 aromatic carbocycles. The van der Waals surface area contributed by atoms with Crippen LogP contribution in [0, 0.1) is 12.8 Å². The Labute approximate surface area is 176 Å². The molecule has 1 atom stereocenters. The molecular formula is C23H27N3O4. The normalized spacial score (nSPS) is 16.3. The molecule has 2 aromatic rings. The number of nitrogens with zero attached hydrogens (tertiary/aromatic N) is 1. The molecule has 30 heavy (non-hydrogen) atoms. The van der Waals surface area contributed by atoms with Crippen LogP contribution in [0.1, 0.15) is 32.8 Å². The molecule has 3 amide bonds. The maximum Gasteiger partial charge on any atom is 0.412 e. The van der Waals surface area contributed by atoms with Crippen LogP contribution < -0.4 is 15.5 Å². The lowest BCUT2D eigenvalue weighted by Crippen LogP contribution is -2.29. The van der Waals surface area contributed by atoms with Crippen LogP contribution in [-0.4, -0.2) is 30.1 Å². The number of nitrogens with one attached hydrogen (secondary N) is 2. The van der Waals surface area contributed by atoms with Crippen molar-refractivity contribution in [1.82, 2.24) is 0 Å². The molecule has 0 aliphatic carbocycles. The quantitative estimate of drug-likeness (QED) is 0.787. The number of carbonyl (C=O) groups is 3. The molecule has 158 valence electrons. The summed E-state index contributed by atoms with van der Waals surface area (Å²) < 4.78 is 5.27. The first-order chi connectivity index (χ1) is 14.1. The summed E-state index contributed by atoms with van der Waals surface area (Å²) in [5.41, 5.74) is 2.14. The van der Waals surface area contributed by atoms with E-state index in [-0.39, 0.29) is 18.2 Å². The summed E-state index contributed by atoms with van der Waals surface area (Å²) in [4.78, 5) is 39.0. The maximum atomic E-state index is 12.8. The predicted octanol–water partition coefficient (Wildman–Crippen LogP) is 4.33. The van der Waals surface area contributed by atoms with Crippen LogP contribution >= 0.6 is 0 Å². The van der Waals surface area contributed by atoms with Gasteiger partial charge in [-0.2, -0.15) is 0 Å². The summed E-state index contributed by atoms with van der Waals surface area (Å²) in [5, 5.41) is 5.49. The van der Waals surface area contributed by atoms with Crippen molar-refractivity contribution >= 4 is 35.0 Å². The molecule has 0 unspecified atom stereocenters. The van der Waals surface area contributed by atoms with Crippen molar-refractivity contribution in [2.45, 2.75) is 39.7 Å².